The van der Waals surface area contributed by atoms with Crippen LogP contribution in [0.15, 0.2) is 193 Å². The zero-order valence-electron chi connectivity index (χ0n) is 27.1. The molecule has 47 heavy (non-hydrogen) atoms. The zero-order valence-corrected chi connectivity index (χ0v) is 27.1. The van der Waals surface area contributed by atoms with Crippen LogP contribution in [0.1, 0.15) is 44.1 Å². The summed E-state index contributed by atoms with van der Waals surface area (Å²) in [5, 5.41) is 2.50. The molecule has 2 heteroatoms. The summed E-state index contributed by atoms with van der Waals surface area (Å²) in [4.78, 5) is 4.84. The summed E-state index contributed by atoms with van der Waals surface area (Å²) < 4.78 is 0. The van der Waals surface area contributed by atoms with Crippen molar-refractivity contribution in [1.29, 1.82) is 0 Å². The van der Waals surface area contributed by atoms with Crippen LogP contribution >= 0.6 is 0 Å². The second kappa shape index (κ2) is 14.4. The Kier molecular flexibility index (Phi) is 9.29. The highest BCUT2D eigenvalue weighted by Gasteiger charge is 2.22. The van der Waals surface area contributed by atoms with Gasteiger partial charge in [-0.15, -0.1) is 0 Å². The van der Waals surface area contributed by atoms with Crippen molar-refractivity contribution in [2.75, 3.05) is 9.80 Å². The van der Waals surface area contributed by atoms with Gasteiger partial charge in [0.25, 0.3) is 0 Å². The van der Waals surface area contributed by atoms with Gasteiger partial charge in [0.1, 0.15) is 0 Å². The van der Waals surface area contributed by atoms with E-state index in [1.165, 1.54) is 50.5 Å². The van der Waals surface area contributed by atoms with Crippen LogP contribution in [-0.2, 0) is 0 Å². The monoisotopic (exact) mass is 610 g/mol. The largest absolute Gasteiger partial charge is 0.314 e. The normalized spacial score (nSPS) is 22.4. The van der Waals surface area contributed by atoms with Crippen LogP contribution in [-0.4, -0.2) is 0 Å². The summed E-state index contributed by atoms with van der Waals surface area (Å²) in [6, 6.07) is 35.2. The molecular weight excluding hydrogens is 569 g/mol. The lowest BCUT2D eigenvalue weighted by Crippen LogP contribution is -2.25. The van der Waals surface area contributed by atoms with Gasteiger partial charge in [0, 0.05) is 45.7 Å². The van der Waals surface area contributed by atoms with Crippen molar-refractivity contribution in [2.45, 2.75) is 38.5 Å². The smallest absolute Gasteiger partial charge is 0.0539 e. The molecule has 0 N–H and O–H groups in total. The Morgan fingerprint density at radius 1 is 0.596 bits per heavy atom. The predicted octanol–water partition coefficient (Wildman–Crippen LogP) is 12.2. The van der Waals surface area contributed by atoms with Crippen LogP contribution in [0.25, 0.3) is 10.8 Å². The van der Waals surface area contributed by atoms with Crippen molar-refractivity contribution in [1.82, 2.24) is 0 Å². The minimum Gasteiger partial charge on any atom is -0.314 e. The molecule has 0 saturated heterocycles. The maximum Gasteiger partial charge on any atom is 0.0539 e. The van der Waals surface area contributed by atoms with Gasteiger partial charge in [-0.05, 0) is 85.2 Å². The minimum absolute atomic E-state index is 0.262. The van der Waals surface area contributed by atoms with Gasteiger partial charge in [0.15, 0.2) is 0 Å². The van der Waals surface area contributed by atoms with Crippen LogP contribution in [0.2, 0.25) is 0 Å². The fourth-order valence-electron chi connectivity index (χ4n) is 6.75. The lowest BCUT2D eigenvalue weighted by atomic mass is 9.90. The minimum atomic E-state index is 0.262. The third kappa shape index (κ3) is 6.78. The fraction of sp³-hybridized carbons (Fsp3) is 0.156. The number of fused-ring (bicyclic) bond motifs is 1. The molecule has 0 fully saturated rings. The van der Waals surface area contributed by atoms with Crippen molar-refractivity contribution in [3.05, 3.63) is 199 Å². The number of nitrogens with zero attached hydrogens (tertiary/aromatic N) is 2. The third-order valence-electron chi connectivity index (χ3n) is 9.22. The topological polar surface area (TPSA) is 6.48 Å². The number of hydrogen-bond donors (Lipinski definition) is 0. The fourth-order valence-corrected chi connectivity index (χ4v) is 6.75. The van der Waals surface area contributed by atoms with Gasteiger partial charge in [-0.1, -0.05) is 134 Å². The first-order valence-corrected chi connectivity index (χ1v) is 16.9. The van der Waals surface area contributed by atoms with Crippen LogP contribution in [0.5, 0.6) is 0 Å². The Balaban J connectivity index is 1.17. The van der Waals surface area contributed by atoms with Gasteiger partial charge in [0.2, 0.25) is 0 Å². The van der Waals surface area contributed by atoms with Gasteiger partial charge in [-0.25, -0.2) is 0 Å². The van der Waals surface area contributed by atoms with E-state index in [0.29, 0.717) is 5.92 Å². The Morgan fingerprint density at radius 3 is 2.17 bits per heavy atom. The molecule has 2 nitrogen and oxygen atoms in total. The molecule has 4 aromatic rings. The molecule has 4 aromatic carbocycles. The van der Waals surface area contributed by atoms with Crippen LogP contribution in [0, 0.1) is 5.92 Å². The highest BCUT2D eigenvalue weighted by Crippen LogP contribution is 2.39. The number of allylic oxidation sites excluding steroid dienone is 13. The average molecular weight is 611 g/mol. The molecular formula is C45H42N2. The standard InChI is InChI=1S/C45H42N2/c1-35-17-8-4-2-3-5-13-25-44(35)46(39-20-9-6-10-21-39)41-31-27-36(28-32-41)37-29-33-42(34-30-37)47(40-22-11-7-12-23-40)45-26-16-19-38-18-14-15-24-43(38)45/h2,4-5,7-9,11-29,31-35,37H,3,6,10,30H2,1H3/b4-2-,13-5-,17-8-,44-25+. The second-order valence-corrected chi connectivity index (χ2v) is 12.4. The number of para-hydroxylation sites is 1. The summed E-state index contributed by atoms with van der Waals surface area (Å²) in [6.07, 6.45) is 33.6. The third-order valence-corrected chi connectivity index (χ3v) is 9.22. The maximum atomic E-state index is 2.45. The molecule has 0 bridgehead atoms. The van der Waals surface area contributed by atoms with E-state index in [2.05, 4.69) is 193 Å². The number of rotatable bonds is 7. The molecule has 0 heterocycles. The van der Waals surface area contributed by atoms with E-state index in [-0.39, 0.29) is 5.92 Å². The zero-order chi connectivity index (χ0) is 31.8. The Morgan fingerprint density at radius 2 is 1.36 bits per heavy atom. The van der Waals surface area contributed by atoms with E-state index in [1.54, 1.807) is 0 Å². The average Bonchev–Trinajstić information content (AvgIpc) is 3.14. The molecule has 2 atom stereocenters. The maximum absolute atomic E-state index is 2.45. The van der Waals surface area contributed by atoms with Gasteiger partial charge in [-0.2, -0.15) is 0 Å². The number of anilines is 3. The van der Waals surface area contributed by atoms with Crippen molar-refractivity contribution in [3.8, 4) is 0 Å². The predicted molar refractivity (Wildman–Crippen MR) is 202 cm³/mol. The van der Waals surface area contributed by atoms with Gasteiger partial charge >= 0.3 is 0 Å². The summed E-state index contributed by atoms with van der Waals surface area (Å²) in [6.45, 7) is 2.29. The van der Waals surface area contributed by atoms with Crippen molar-refractivity contribution < 1.29 is 0 Å². The Labute approximate surface area is 280 Å². The summed E-state index contributed by atoms with van der Waals surface area (Å²) in [7, 11) is 0. The second-order valence-electron chi connectivity index (χ2n) is 12.4. The number of benzene rings is 4. The van der Waals surface area contributed by atoms with E-state index in [4.69, 9.17) is 0 Å². The van der Waals surface area contributed by atoms with Gasteiger partial charge in [-0.3, -0.25) is 0 Å². The van der Waals surface area contributed by atoms with Crippen molar-refractivity contribution in [3.63, 3.8) is 0 Å². The first-order valence-electron chi connectivity index (χ1n) is 16.9. The summed E-state index contributed by atoms with van der Waals surface area (Å²) in [5.41, 5.74) is 8.62. The number of hydrogen-bond acceptors (Lipinski definition) is 2. The van der Waals surface area contributed by atoms with Gasteiger partial charge < -0.3 is 9.80 Å². The molecule has 7 rings (SSSR count). The molecule has 0 saturated carbocycles. The van der Waals surface area contributed by atoms with E-state index >= 15 is 0 Å². The van der Waals surface area contributed by atoms with Crippen LogP contribution in [0.3, 0.4) is 0 Å². The Bertz CT molecular complexity index is 1940. The Hall–Kier alpha value is -5.34. The van der Waals surface area contributed by atoms with E-state index in [9.17, 15) is 0 Å². The summed E-state index contributed by atoms with van der Waals surface area (Å²) in [5.74, 6) is 0.585. The quantitative estimate of drug-likeness (QED) is 0.205. The molecule has 3 aliphatic rings. The highest BCUT2D eigenvalue weighted by atomic mass is 15.2. The molecule has 0 spiro atoms. The van der Waals surface area contributed by atoms with E-state index in [0.717, 1.165) is 25.7 Å². The van der Waals surface area contributed by atoms with Gasteiger partial charge in [0.05, 0.1) is 5.69 Å². The molecule has 0 radical (unpaired) electrons. The lowest BCUT2D eigenvalue weighted by molar-refractivity contribution is 0.808. The van der Waals surface area contributed by atoms with Crippen molar-refractivity contribution in [2.24, 2.45) is 5.92 Å². The summed E-state index contributed by atoms with van der Waals surface area (Å²) >= 11 is 0. The first kappa shape index (κ1) is 30.3. The molecule has 0 aromatic heterocycles. The van der Waals surface area contributed by atoms with E-state index < -0.39 is 0 Å². The SMILES string of the molecule is CC1/C=C\C=C/C/C=C\C=C/1N(C1=CCCC=C1)c1ccc(C2C=CC(N(c3ccccc3)c3cccc4ccccc34)=CC2)cc1. The first-order chi connectivity index (χ1) is 23.3. The van der Waals surface area contributed by atoms with E-state index in [1.807, 2.05) is 0 Å². The molecule has 0 aliphatic heterocycles. The van der Waals surface area contributed by atoms with Crippen LogP contribution in [0.4, 0.5) is 17.1 Å². The van der Waals surface area contributed by atoms with Crippen molar-refractivity contribution >= 4 is 27.8 Å². The van der Waals surface area contributed by atoms with Crippen LogP contribution < -0.4 is 9.80 Å². The molecule has 0 amide bonds. The molecule has 2 unspecified atom stereocenters. The molecule has 3 aliphatic carbocycles. The highest BCUT2D eigenvalue weighted by molar-refractivity contribution is 5.97. The molecule has 232 valence electrons. The lowest BCUT2D eigenvalue weighted by Gasteiger charge is -2.33.